The Labute approximate surface area is 479 Å². The first-order valence-electron chi connectivity index (χ1n) is 27.6. The van der Waals surface area contributed by atoms with Gasteiger partial charge in [0, 0.05) is 24.2 Å². The molecule has 7 aliphatic heterocycles. The van der Waals surface area contributed by atoms with E-state index in [0.717, 1.165) is 0 Å². The number of carbonyl (C=O) groups is 1. The van der Waals surface area contributed by atoms with Crippen LogP contribution >= 0.6 is 0 Å². The first-order valence-corrected chi connectivity index (χ1v) is 27.6. The monoisotopic (exact) mass is 1230 g/mol. The Kier molecular flexibility index (Phi) is 24.4. The Morgan fingerprint density at radius 2 is 0.917 bits per heavy atom. The van der Waals surface area contributed by atoms with Crippen LogP contribution in [0.5, 0.6) is 0 Å². The van der Waals surface area contributed by atoms with E-state index in [1.807, 2.05) is 0 Å². The van der Waals surface area contributed by atoms with Crippen molar-refractivity contribution in [1.82, 2.24) is 0 Å². The van der Waals surface area contributed by atoms with E-state index in [4.69, 9.17) is 67.3 Å². The highest BCUT2D eigenvalue weighted by atomic mass is 16.8. The highest BCUT2D eigenvalue weighted by molar-refractivity contribution is 5.76. The summed E-state index contributed by atoms with van der Waals surface area (Å²) in [6, 6.07) is -1.58. The van der Waals surface area contributed by atoms with Crippen molar-refractivity contribution >= 4 is 5.97 Å². The van der Waals surface area contributed by atoms with E-state index in [2.05, 4.69) is 0 Å². The van der Waals surface area contributed by atoms with E-state index in [9.17, 15) is 107 Å². The van der Waals surface area contributed by atoms with Gasteiger partial charge in [-0.15, -0.1) is 0 Å². The minimum absolute atomic E-state index is 0.440. The second-order valence-corrected chi connectivity index (χ2v) is 22.5. The van der Waals surface area contributed by atoms with Gasteiger partial charge in [-0.1, -0.05) is 20.8 Å². The highest BCUT2D eigenvalue weighted by Gasteiger charge is 2.61. The van der Waals surface area contributed by atoms with Crippen LogP contribution in [0.4, 0.5) is 0 Å². The molecule has 0 spiro atoms. The molecule has 14 unspecified atom stereocenters. The minimum Gasteiger partial charge on any atom is -0.477 e. The number of rotatable bonds is 22. The summed E-state index contributed by atoms with van der Waals surface area (Å²) < 4.78 is 76.0. The maximum Gasteiger partial charge on any atom is 0.364 e. The summed E-state index contributed by atoms with van der Waals surface area (Å²) >= 11 is 0. The number of carboxylic acids is 1. The van der Waals surface area contributed by atoms with E-state index in [0.29, 0.717) is 0 Å². The zero-order valence-corrected chi connectivity index (χ0v) is 46.1. The molecule has 7 rings (SSSR count). The van der Waals surface area contributed by atoms with Crippen molar-refractivity contribution in [3.05, 3.63) is 0 Å². The Morgan fingerprint density at radius 3 is 1.43 bits per heavy atom. The van der Waals surface area contributed by atoms with Gasteiger partial charge in [-0.25, -0.2) is 4.79 Å². The van der Waals surface area contributed by atoms with Crippen LogP contribution in [0.15, 0.2) is 0 Å². The van der Waals surface area contributed by atoms with E-state index < -0.39 is 278 Å². The molecule has 0 amide bonds. The molecule has 0 radical (unpaired) electrons. The molecule has 7 saturated heterocycles. The van der Waals surface area contributed by atoms with Crippen molar-refractivity contribution in [2.75, 3.05) is 46.2 Å². The third-order valence-corrected chi connectivity index (χ3v) is 17.0. The van der Waals surface area contributed by atoms with Gasteiger partial charge in [0.1, 0.15) is 128 Å². The van der Waals surface area contributed by atoms with Crippen molar-refractivity contribution in [2.24, 2.45) is 23.5 Å². The summed E-state index contributed by atoms with van der Waals surface area (Å²) in [4.78, 5) is 12.8. The predicted molar refractivity (Wildman–Crippen MR) is 264 cm³/mol. The Balaban J connectivity index is 1.03. The van der Waals surface area contributed by atoms with Crippen LogP contribution in [0.2, 0.25) is 0 Å². The second-order valence-electron chi connectivity index (χ2n) is 22.5. The average molecular weight is 1230 g/mol. The molecule has 35 nitrogen and oxygen atoms in total. The van der Waals surface area contributed by atoms with Crippen LogP contribution in [0.25, 0.3) is 0 Å². The van der Waals surface area contributed by atoms with Crippen LogP contribution in [0, 0.1) is 17.8 Å². The molecule has 36 atom stereocenters. The van der Waals surface area contributed by atoms with Crippen LogP contribution in [0.1, 0.15) is 34.1 Å². The maximum absolute atomic E-state index is 12.8. The quantitative estimate of drug-likeness (QED) is 0.0479. The number of aliphatic carboxylic acids is 1. The Morgan fingerprint density at radius 1 is 0.488 bits per heavy atom. The number of aliphatic hydroxyl groups is 19. The molecule has 0 aromatic heterocycles. The first kappa shape index (κ1) is 69.6. The molecule has 0 aliphatic carbocycles. The summed E-state index contributed by atoms with van der Waals surface area (Å²) in [6.45, 7) is -0.0167. The van der Waals surface area contributed by atoms with E-state index >= 15 is 0 Å². The summed E-state index contributed by atoms with van der Waals surface area (Å²) in [5.74, 6) is -7.82. The first-order chi connectivity index (χ1) is 39.6. The number of ether oxygens (including phenoxy) is 13. The Bertz CT molecular complexity index is 2040. The van der Waals surface area contributed by atoms with E-state index in [1.165, 1.54) is 13.8 Å². The second kappa shape index (κ2) is 29.4. The van der Waals surface area contributed by atoms with Gasteiger partial charge in [-0.2, -0.15) is 0 Å². The molecule has 84 heavy (non-hydrogen) atoms. The fraction of sp³-hybridized carbons (Fsp3) is 0.980. The molecule has 0 aromatic carbocycles. The zero-order chi connectivity index (χ0) is 62.1. The lowest BCUT2D eigenvalue weighted by molar-refractivity contribution is -0.393. The van der Waals surface area contributed by atoms with Crippen molar-refractivity contribution in [2.45, 2.75) is 236 Å². The molecule has 0 saturated carbocycles. The van der Waals surface area contributed by atoms with Crippen LogP contribution < -0.4 is 5.73 Å². The summed E-state index contributed by atoms with van der Waals surface area (Å²) in [7, 11) is 0. The van der Waals surface area contributed by atoms with Gasteiger partial charge in [0.05, 0.1) is 82.8 Å². The molecule has 35 heteroatoms. The van der Waals surface area contributed by atoms with E-state index in [1.54, 1.807) is 13.8 Å². The average Bonchev–Trinajstić information content (AvgIpc) is 1.71. The van der Waals surface area contributed by atoms with E-state index in [-0.39, 0.29) is 0 Å². The smallest absolute Gasteiger partial charge is 0.364 e. The summed E-state index contributed by atoms with van der Waals surface area (Å²) in [6.07, 6.45) is -54.7. The summed E-state index contributed by atoms with van der Waals surface area (Å²) in [5, 5.41) is 215. The van der Waals surface area contributed by atoms with Gasteiger partial charge >= 0.3 is 5.97 Å². The zero-order valence-electron chi connectivity index (χ0n) is 46.1. The molecule has 7 aliphatic rings. The lowest BCUT2D eigenvalue weighted by Crippen LogP contribution is -2.70. The molecular weight excluding hydrogens is 1150 g/mol. The lowest BCUT2D eigenvalue weighted by atomic mass is 9.88. The highest BCUT2D eigenvalue weighted by Crippen LogP contribution is 2.41. The molecular formula is C49H85NO34. The number of nitrogens with two attached hydrogens (primary N) is 1. The number of aliphatic hydroxyl groups excluding tert-OH is 19. The van der Waals surface area contributed by atoms with Gasteiger partial charge in [0.2, 0.25) is 0 Å². The fourth-order valence-corrected chi connectivity index (χ4v) is 11.3. The van der Waals surface area contributed by atoms with Crippen molar-refractivity contribution in [1.29, 1.82) is 0 Å². The van der Waals surface area contributed by atoms with Gasteiger partial charge in [-0.05, 0) is 6.92 Å². The van der Waals surface area contributed by atoms with Gasteiger partial charge in [0.15, 0.2) is 31.5 Å². The summed E-state index contributed by atoms with van der Waals surface area (Å²) in [5.41, 5.74) is 5.95. The largest absolute Gasteiger partial charge is 0.477 e. The molecule has 490 valence electrons. The van der Waals surface area contributed by atoms with Gasteiger partial charge < -0.3 is 169 Å². The SMILES string of the molecule is CC1C(O)[C@H](O[C@@H]2OC(CO)[C@H](O)C(O[C@]3(C(=O)O)C[C@@H](O)[C@@H](N)C(C(O)[C@H](O)CO)O3)[C@@H]2O)[C@H](CO)O[C@H]1O[C@@H]1C(O)[C@H](O)C(CO)O[C@@H]1OCC1O[C@@H](O[C@@H]2C(CO)O[C@@H](O[C@@H]3C(CO)O[C@@H](C)[C@@H](C)C3O)[C@@H](C)C2O)[C@H](O)C(O)[C@@H]1O. The van der Waals surface area contributed by atoms with Gasteiger partial charge in [-0.3, -0.25) is 0 Å². The third-order valence-electron chi connectivity index (χ3n) is 17.0. The third kappa shape index (κ3) is 14.2. The molecule has 0 bridgehead atoms. The van der Waals surface area contributed by atoms with Crippen molar-refractivity contribution in [3.8, 4) is 0 Å². The van der Waals surface area contributed by atoms with Crippen LogP contribution in [-0.4, -0.2) is 356 Å². The maximum atomic E-state index is 12.8. The standard InChI is InChI=1S/C49H85NO34/c1-13-16(4)73-21(9-54)37(26(13)59)79-43-14(2)27(60)38(22(10-55)76-43)80-45-35(68)33(66)31(64)24(78-45)12-72-47-42(34(67)30(63)19(7-52)75-47)82-44-15(3)28(61)39(23(11-56)77-44)81-46-36(69)41(32(65)20(8-53)74-46)84-49(48(70)71)5-17(57)25(50)40(83-49)29(62)18(58)6-51/h13-47,51-69H,5-12,50H2,1-4H3,(H,70,71)/t13-,14+,15?,16+,17-,18-,19?,20?,21?,22?,23+,24?,25-,26?,27?,28?,29?,30-,31-,32+,33?,34?,35-,36+,37-,38-,39-,40?,41?,42-,43+,44+,45+,46+,47+,49+/m1/s1. The molecule has 7 heterocycles. The molecule has 7 fully saturated rings. The Hall–Kier alpha value is -1.85. The topological polar surface area (TPSA) is 568 Å². The van der Waals surface area contributed by atoms with Gasteiger partial charge in [0.25, 0.3) is 5.79 Å². The fourth-order valence-electron chi connectivity index (χ4n) is 11.3. The van der Waals surface area contributed by atoms with Crippen molar-refractivity contribution in [3.63, 3.8) is 0 Å². The molecule has 0 aromatic rings. The number of hydrogen-bond donors (Lipinski definition) is 21. The minimum atomic E-state index is -3.07. The normalized spacial score (nSPS) is 51.3. The lowest BCUT2D eigenvalue weighted by Gasteiger charge is -2.50. The van der Waals surface area contributed by atoms with Crippen LogP contribution in [0.3, 0.4) is 0 Å². The van der Waals surface area contributed by atoms with Crippen molar-refractivity contribution < 1.29 is 169 Å². The number of carboxylic acid groups (broad SMARTS) is 1. The number of hydrogen-bond acceptors (Lipinski definition) is 34. The van der Waals surface area contributed by atoms with Crippen LogP contribution in [-0.2, 0) is 66.4 Å². The molecule has 22 N–H and O–H groups in total. The predicted octanol–water partition coefficient (Wildman–Crippen LogP) is -12.2.